The molecule has 3 rings (SSSR count). The van der Waals surface area contributed by atoms with E-state index < -0.39 is 0 Å². The number of hydrogen-bond acceptors (Lipinski definition) is 2. The predicted octanol–water partition coefficient (Wildman–Crippen LogP) is 2.82. The van der Waals surface area contributed by atoms with Gasteiger partial charge in [-0.3, -0.25) is 9.36 Å². The van der Waals surface area contributed by atoms with Gasteiger partial charge in [-0.2, -0.15) is 0 Å². The minimum atomic E-state index is -0.358. The van der Waals surface area contributed by atoms with Crippen LogP contribution in [0.3, 0.4) is 0 Å². The minimum absolute atomic E-state index is 0.251. The summed E-state index contributed by atoms with van der Waals surface area (Å²) in [5, 5.41) is 0. The number of halogens is 1. The Kier molecular flexibility index (Phi) is 2.60. The number of aromatic nitrogens is 3. The van der Waals surface area contributed by atoms with Crippen molar-refractivity contribution in [2.75, 3.05) is 0 Å². The molecule has 0 saturated heterocycles. The van der Waals surface area contributed by atoms with Crippen LogP contribution in [-0.2, 0) is 0 Å². The summed E-state index contributed by atoms with van der Waals surface area (Å²) >= 11 is 5.19. The molecule has 2 heterocycles. The van der Waals surface area contributed by atoms with Crippen LogP contribution in [0.15, 0.2) is 35.1 Å². The van der Waals surface area contributed by atoms with Crippen LogP contribution >= 0.6 is 12.2 Å². The van der Waals surface area contributed by atoms with Gasteiger partial charge in [0.1, 0.15) is 11.3 Å². The standard InChI is InChI=1S/C13H10FN3OS/c1-7-6-10-11(15-7)12(18)17(13(19)16-10)9-4-2-8(14)3-5-9/h2-6,15H,1H3,(H,16,19). The van der Waals surface area contributed by atoms with Gasteiger partial charge in [-0.1, -0.05) is 0 Å². The third-order valence-electron chi connectivity index (χ3n) is 2.90. The number of hydrogen-bond donors (Lipinski definition) is 2. The summed E-state index contributed by atoms with van der Waals surface area (Å²) in [6.07, 6.45) is 0. The zero-order valence-electron chi connectivity index (χ0n) is 10.0. The average molecular weight is 275 g/mol. The lowest BCUT2D eigenvalue weighted by atomic mass is 10.3. The Morgan fingerprint density at radius 2 is 1.89 bits per heavy atom. The Hall–Kier alpha value is -2.21. The highest BCUT2D eigenvalue weighted by atomic mass is 32.1. The summed E-state index contributed by atoms with van der Waals surface area (Å²) in [5.74, 6) is -0.358. The molecule has 0 aliphatic rings. The van der Waals surface area contributed by atoms with Gasteiger partial charge >= 0.3 is 0 Å². The quantitative estimate of drug-likeness (QED) is 0.671. The molecule has 0 amide bonds. The first-order valence-electron chi connectivity index (χ1n) is 5.67. The van der Waals surface area contributed by atoms with Gasteiger partial charge in [0, 0.05) is 5.69 Å². The fraction of sp³-hybridized carbons (Fsp3) is 0.0769. The molecular weight excluding hydrogens is 265 g/mol. The van der Waals surface area contributed by atoms with E-state index in [4.69, 9.17) is 12.2 Å². The molecule has 96 valence electrons. The summed E-state index contributed by atoms with van der Waals surface area (Å²) in [7, 11) is 0. The van der Waals surface area contributed by atoms with E-state index in [9.17, 15) is 9.18 Å². The summed E-state index contributed by atoms with van der Waals surface area (Å²) < 4.78 is 14.6. The minimum Gasteiger partial charge on any atom is -0.353 e. The Bertz CT molecular complexity index is 874. The maximum absolute atomic E-state index is 12.9. The van der Waals surface area contributed by atoms with E-state index in [1.165, 1.54) is 28.8 Å². The Labute approximate surface area is 112 Å². The van der Waals surface area contributed by atoms with E-state index in [2.05, 4.69) is 9.97 Å². The Balaban J connectivity index is 2.38. The van der Waals surface area contributed by atoms with Gasteiger partial charge in [0.25, 0.3) is 5.56 Å². The smallest absolute Gasteiger partial charge is 0.283 e. The molecule has 0 bridgehead atoms. The third-order valence-corrected chi connectivity index (χ3v) is 3.18. The van der Waals surface area contributed by atoms with E-state index >= 15 is 0 Å². The monoisotopic (exact) mass is 275 g/mol. The van der Waals surface area contributed by atoms with Gasteiger partial charge in [-0.25, -0.2) is 4.39 Å². The summed E-state index contributed by atoms with van der Waals surface area (Å²) in [6, 6.07) is 7.44. The molecule has 19 heavy (non-hydrogen) atoms. The van der Waals surface area contributed by atoms with Gasteiger partial charge in [0.05, 0.1) is 11.2 Å². The van der Waals surface area contributed by atoms with Crippen LogP contribution in [0, 0.1) is 17.5 Å². The molecule has 6 heteroatoms. The molecule has 1 aromatic carbocycles. The molecular formula is C13H10FN3OS. The van der Waals surface area contributed by atoms with Crippen LogP contribution < -0.4 is 5.56 Å². The maximum Gasteiger partial charge on any atom is 0.283 e. The van der Waals surface area contributed by atoms with E-state index in [0.29, 0.717) is 16.7 Å². The molecule has 0 spiro atoms. The number of rotatable bonds is 1. The Morgan fingerprint density at radius 1 is 1.21 bits per heavy atom. The molecule has 0 saturated carbocycles. The van der Waals surface area contributed by atoms with Crippen LogP contribution in [0.2, 0.25) is 0 Å². The van der Waals surface area contributed by atoms with Gasteiger partial charge in [-0.05, 0) is 49.5 Å². The number of benzene rings is 1. The predicted molar refractivity (Wildman–Crippen MR) is 73.8 cm³/mol. The third kappa shape index (κ3) is 1.90. The molecule has 0 atom stereocenters. The van der Waals surface area contributed by atoms with E-state index in [1.807, 2.05) is 13.0 Å². The fourth-order valence-corrected chi connectivity index (χ4v) is 2.35. The van der Waals surface area contributed by atoms with Crippen LogP contribution in [0.4, 0.5) is 4.39 Å². The van der Waals surface area contributed by atoms with Crippen LogP contribution in [0.5, 0.6) is 0 Å². The number of nitrogens with one attached hydrogen (secondary N) is 2. The van der Waals surface area contributed by atoms with Gasteiger partial charge in [-0.15, -0.1) is 0 Å². The van der Waals surface area contributed by atoms with Crippen molar-refractivity contribution in [2.45, 2.75) is 6.92 Å². The van der Waals surface area contributed by atoms with Crippen LogP contribution in [0.1, 0.15) is 5.69 Å². The summed E-state index contributed by atoms with van der Waals surface area (Å²) in [6.45, 7) is 1.86. The van der Waals surface area contributed by atoms with Crippen molar-refractivity contribution >= 4 is 23.3 Å². The first-order chi connectivity index (χ1) is 9.06. The number of H-pyrrole nitrogens is 2. The average Bonchev–Trinajstić information content (AvgIpc) is 2.72. The second-order valence-electron chi connectivity index (χ2n) is 4.29. The molecule has 0 unspecified atom stereocenters. The second-order valence-corrected chi connectivity index (χ2v) is 4.67. The highest BCUT2D eigenvalue weighted by molar-refractivity contribution is 7.71. The molecule has 3 aromatic rings. The van der Waals surface area contributed by atoms with E-state index in [1.54, 1.807) is 0 Å². The molecule has 4 nitrogen and oxygen atoms in total. The number of aryl methyl sites for hydroxylation is 1. The zero-order valence-corrected chi connectivity index (χ0v) is 10.8. The highest BCUT2D eigenvalue weighted by Crippen LogP contribution is 2.12. The van der Waals surface area contributed by atoms with Gasteiger partial charge in [0.15, 0.2) is 4.77 Å². The van der Waals surface area contributed by atoms with Crippen molar-refractivity contribution in [3.05, 3.63) is 57.0 Å². The van der Waals surface area contributed by atoms with Crippen molar-refractivity contribution in [2.24, 2.45) is 0 Å². The normalized spacial score (nSPS) is 11.1. The summed E-state index contributed by atoms with van der Waals surface area (Å²) in [5.41, 5.74) is 2.27. The highest BCUT2D eigenvalue weighted by Gasteiger charge is 2.09. The van der Waals surface area contributed by atoms with Gasteiger partial charge in [0.2, 0.25) is 0 Å². The van der Waals surface area contributed by atoms with Crippen LogP contribution in [0.25, 0.3) is 16.7 Å². The lowest BCUT2D eigenvalue weighted by Crippen LogP contribution is -2.20. The maximum atomic E-state index is 12.9. The van der Waals surface area contributed by atoms with E-state index in [0.717, 1.165) is 5.69 Å². The van der Waals surface area contributed by atoms with Crippen molar-refractivity contribution < 1.29 is 4.39 Å². The molecule has 0 aliphatic carbocycles. The van der Waals surface area contributed by atoms with Crippen molar-refractivity contribution in [1.82, 2.24) is 14.5 Å². The molecule has 2 N–H and O–H groups in total. The lowest BCUT2D eigenvalue weighted by molar-refractivity contribution is 0.627. The van der Waals surface area contributed by atoms with Crippen molar-refractivity contribution in [1.29, 1.82) is 0 Å². The molecule has 0 fully saturated rings. The van der Waals surface area contributed by atoms with Crippen molar-refractivity contribution in [3.63, 3.8) is 0 Å². The Morgan fingerprint density at radius 3 is 2.58 bits per heavy atom. The number of aromatic amines is 2. The SMILES string of the molecule is Cc1cc2[nH]c(=S)n(-c3ccc(F)cc3)c(=O)c2[nH]1. The molecule has 0 radical (unpaired) electrons. The molecule has 0 aliphatic heterocycles. The number of fused-ring (bicyclic) bond motifs is 1. The van der Waals surface area contributed by atoms with Crippen molar-refractivity contribution in [3.8, 4) is 5.69 Å². The topological polar surface area (TPSA) is 53.6 Å². The zero-order chi connectivity index (χ0) is 13.6. The lowest BCUT2D eigenvalue weighted by Gasteiger charge is -2.06. The second kappa shape index (κ2) is 4.17. The molecule has 2 aromatic heterocycles. The van der Waals surface area contributed by atoms with Gasteiger partial charge < -0.3 is 9.97 Å². The first-order valence-corrected chi connectivity index (χ1v) is 6.08. The largest absolute Gasteiger partial charge is 0.353 e. The summed E-state index contributed by atoms with van der Waals surface area (Å²) in [4.78, 5) is 18.4. The van der Waals surface area contributed by atoms with Crippen LogP contribution in [-0.4, -0.2) is 14.5 Å². The first kappa shape index (κ1) is 11.9. The van der Waals surface area contributed by atoms with E-state index in [-0.39, 0.29) is 16.1 Å². The number of nitrogens with zero attached hydrogens (tertiary/aromatic N) is 1. The fourth-order valence-electron chi connectivity index (χ4n) is 2.06.